The molecule has 2 rings (SSSR count). The van der Waals surface area contributed by atoms with Crippen molar-refractivity contribution in [3.05, 3.63) is 29.8 Å². The number of carboxylic acid groups (broad SMARTS) is 1. The molecule has 1 aromatic rings. The van der Waals surface area contributed by atoms with Crippen LogP contribution < -0.4 is 4.74 Å². The van der Waals surface area contributed by atoms with Crippen molar-refractivity contribution in [1.82, 2.24) is 9.80 Å². The number of aryl methyl sites for hydroxylation is 1. The third kappa shape index (κ3) is 4.21. The fourth-order valence-corrected chi connectivity index (χ4v) is 2.39. The lowest BCUT2D eigenvalue weighted by atomic mass is 10.2. The van der Waals surface area contributed by atoms with Crippen LogP contribution in [0.5, 0.6) is 5.75 Å². The molecule has 0 saturated carbocycles. The topological polar surface area (TPSA) is 70.1 Å². The molecule has 1 fully saturated rings. The summed E-state index contributed by atoms with van der Waals surface area (Å²) in [7, 11) is 0. The molecule has 1 N–H and O–H groups in total. The summed E-state index contributed by atoms with van der Waals surface area (Å²) < 4.78 is 5.49. The van der Waals surface area contributed by atoms with Gasteiger partial charge in [0, 0.05) is 26.2 Å². The Labute approximate surface area is 130 Å². The maximum Gasteiger partial charge on any atom is 0.320 e. The van der Waals surface area contributed by atoms with Gasteiger partial charge < -0.3 is 14.7 Å². The van der Waals surface area contributed by atoms with Crippen LogP contribution in [-0.4, -0.2) is 65.6 Å². The highest BCUT2D eigenvalue weighted by atomic mass is 16.5. The first-order chi connectivity index (χ1) is 10.5. The Kier molecular flexibility index (Phi) is 5.38. The lowest BCUT2D eigenvalue weighted by Gasteiger charge is -2.36. The number of amides is 1. The Morgan fingerprint density at radius 1 is 1.18 bits per heavy atom. The van der Waals surface area contributed by atoms with Gasteiger partial charge in [0.2, 0.25) is 0 Å². The number of aliphatic carboxylic acids is 1. The first kappa shape index (κ1) is 16.3. The van der Waals surface area contributed by atoms with Gasteiger partial charge >= 0.3 is 5.97 Å². The molecule has 1 atom stereocenters. The quantitative estimate of drug-likeness (QED) is 0.878. The van der Waals surface area contributed by atoms with Crippen molar-refractivity contribution in [2.75, 3.05) is 32.8 Å². The van der Waals surface area contributed by atoms with E-state index in [2.05, 4.69) is 0 Å². The zero-order chi connectivity index (χ0) is 16.1. The number of piperazine rings is 1. The van der Waals surface area contributed by atoms with Gasteiger partial charge in [-0.25, -0.2) is 0 Å². The van der Waals surface area contributed by atoms with Crippen molar-refractivity contribution in [2.24, 2.45) is 0 Å². The molecule has 6 nitrogen and oxygen atoms in total. The molecule has 0 spiro atoms. The maximum atomic E-state index is 12.1. The third-order valence-corrected chi connectivity index (χ3v) is 3.96. The molecule has 1 aliphatic heterocycles. The summed E-state index contributed by atoms with van der Waals surface area (Å²) in [5, 5.41) is 9.00. The van der Waals surface area contributed by atoms with E-state index in [-0.39, 0.29) is 12.5 Å². The van der Waals surface area contributed by atoms with Gasteiger partial charge in [0.1, 0.15) is 11.8 Å². The van der Waals surface area contributed by atoms with Gasteiger partial charge in [0.05, 0.1) is 0 Å². The molecule has 1 aliphatic rings. The zero-order valence-corrected chi connectivity index (χ0v) is 13.0. The van der Waals surface area contributed by atoms with E-state index in [0.29, 0.717) is 31.9 Å². The predicted molar refractivity (Wildman–Crippen MR) is 81.9 cm³/mol. The van der Waals surface area contributed by atoms with Crippen molar-refractivity contribution in [1.29, 1.82) is 0 Å². The van der Waals surface area contributed by atoms with Gasteiger partial charge in [-0.2, -0.15) is 0 Å². The number of rotatable bonds is 5. The number of hydrogen-bond acceptors (Lipinski definition) is 4. The molecule has 22 heavy (non-hydrogen) atoms. The van der Waals surface area contributed by atoms with Crippen LogP contribution >= 0.6 is 0 Å². The van der Waals surface area contributed by atoms with Crippen LogP contribution in [0.2, 0.25) is 0 Å². The van der Waals surface area contributed by atoms with Crippen LogP contribution in [0.4, 0.5) is 0 Å². The van der Waals surface area contributed by atoms with Crippen LogP contribution in [0.15, 0.2) is 24.3 Å². The Balaban J connectivity index is 1.77. The molecular weight excluding hydrogens is 284 g/mol. The van der Waals surface area contributed by atoms with Crippen molar-refractivity contribution in [3.63, 3.8) is 0 Å². The second kappa shape index (κ2) is 7.26. The van der Waals surface area contributed by atoms with E-state index >= 15 is 0 Å². The average molecular weight is 306 g/mol. The van der Waals surface area contributed by atoms with Crippen molar-refractivity contribution >= 4 is 11.9 Å². The zero-order valence-electron chi connectivity index (χ0n) is 13.0. The highest BCUT2D eigenvalue weighted by Gasteiger charge is 2.27. The maximum absolute atomic E-state index is 12.1. The first-order valence-corrected chi connectivity index (χ1v) is 7.41. The highest BCUT2D eigenvalue weighted by molar-refractivity contribution is 5.78. The van der Waals surface area contributed by atoms with Crippen LogP contribution in [0.3, 0.4) is 0 Å². The summed E-state index contributed by atoms with van der Waals surface area (Å²) >= 11 is 0. The minimum atomic E-state index is -0.831. The minimum absolute atomic E-state index is 0.0115. The molecule has 1 aromatic carbocycles. The van der Waals surface area contributed by atoms with E-state index in [1.54, 1.807) is 11.8 Å². The molecule has 1 amide bonds. The standard InChI is InChI=1S/C16H22N2O4/c1-12-3-5-14(6-4-12)22-11-15(19)18-9-7-17(8-10-18)13(2)16(20)21/h3-6,13H,7-11H2,1-2H3,(H,20,21). The van der Waals surface area contributed by atoms with Gasteiger partial charge in [-0.05, 0) is 26.0 Å². The SMILES string of the molecule is Cc1ccc(OCC(=O)N2CCN(C(C)C(=O)O)CC2)cc1. The van der Waals surface area contributed by atoms with E-state index < -0.39 is 12.0 Å². The second-order valence-electron chi connectivity index (χ2n) is 5.53. The lowest BCUT2D eigenvalue weighted by Crippen LogP contribution is -2.53. The summed E-state index contributed by atoms with van der Waals surface area (Å²) in [6.07, 6.45) is 0. The van der Waals surface area contributed by atoms with Crippen LogP contribution in [-0.2, 0) is 9.59 Å². The van der Waals surface area contributed by atoms with E-state index in [9.17, 15) is 9.59 Å². The largest absolute Gasteiger partial charge is 0.484 e. The van der Waals surface area contributed by atoms with Crippen molar-refractivity contribution in [2.45, 2.75) is 19.9 Å². The Bertz CT molecular complexity index is 521. The molecule has 0 aromatic heterocycles. The third-order valence-electron chi connectivity index (χ3n) is 3.96. The molecule has 1 saturated heterocycles. The summed E-state index contributed by atoms with van der Waals surface area (Å²) in [6, 6.07) is 7.04. The normalized spacial score (nSPS) is 17.1. The Morgan fingerprint density at radius 3 is 2.32 bits per heavy atom. The molecule has 1 heterocycles. The van der Waals surface area contributed by atoms with Gasteiger partial charge in [-0.3, -0.25) is 14.5 Å². The fourth-order valence-electron chi connectivity index (χ4n) is 2.39. The monoisotopic (exact) mass is 306 g/mol. The number of benzene rings is 1. The number of carbonyl (C=O) groups excluding carboxylic acids is 1. The van der Waals surface area contributed by atoms with Gasteiger partial charge in [-0.1, -0.05) is 17.7 Å². The number of ether oxygens (including phenoxy) is 1. The molecular formula is C16H22N2O4. The van der Waals surface area contributed by atoms with Crippen molar-refractivity contribution in [3.8, 4) is 5.75 Å². The van der Waals surface area contributed by atoms with E-state index in [0.717, 1.165) is 5.56 Å². The summed E-state index contributed by atoms with van der Waals surface area (Å²) in [5.74, 6) is -0.220. The van der Waals surface area contributed by atoms with Gasteiger partial charge in [-0.15, -0.1) is 0 Å². The van der Waals surface area contributed by atoms with E-state index in [4.69, 9.17) is 9.84 Å². The molecule has 1 unspecified atom stereocenters. The van der Waals surface area contributed by atoms with E-state index in [1.807, 2.05) is 36.1 Å². The number of hydrogen-bond donors (Lipinski definition) is 1. The smallest absolute Gasteiger partial charge is 0.320 e. The van der Waals surface area contributed by atoms with Gasteiger partial charge in [0.15, 0.2) is 6.61 Å². The molecule has 0 radical (unpaired) electrons. The molecule has 0 bridgehead atoms. The lowest BCUT2D eigenvalue weighted by molar-refractivity contribution is -0.144. The summed E-state index contributed by atoms with van der Waals surface area (Å²) in [4.78, 5) is 26.7. The molecule has 6 heteroatoms. The average Bonchev–Trinajstić information content (AvgIpc) is 2.53. The Hall–Kier alpha value is -2.08. The summed E-state index contributed by atoms with van der Waals surface area (Å²) in [6.45, 7) is 5.89. The van der Waals surface area contributed by atoms with Crippen LogP contribution in [0.1, 0.15) is 12.5 Å². The molecule has 0 aliphatic carbocycles. The minimum Gasteiger partial charge on any atom is -0.484 e. The second-order valence-corrected chi connectivity index (χ2v) is 5.53. The Morgan fingerprint density at radius 2 is 1.77 bits per heavy atom. The molecule has 120 valence electrons. The van der Waals surface area contributed by atoms with Crippen molar-refractivity contribution < 1.29 is 19.4 Å². The van der Waals surface area contributed by atoms with Crippen LogP contribution in [0, 0.1) is 6.92 Å². The first-order valence-electron chi connectivity index (χ1n) is 7.41. The van der Waals surface area contributed by atoms with E-state index in [1.165, 1.54) is 0 Å². The predicted octanol–water partition coefficient (Wildman–Crippen LogP) is 0.991. The number of carboxylic acids is 1. The van der Waals surface area contributed by atoms with Crippen LogP contribution in [0.25, 0.3) is 0 Å². The number of carbonyl (C=O) groups is 2. The summed E-state index contributed by atoms with van der Waals surface area (Å²) in [5.41, 5.74) is 1.14. The number of nitrogens with zero attached hydrogens (tertiary/aromatic N) is 2. The fraction of sp³-hybridized carbons (Fsp3) is 0.500. The highest BCUT2D eigenvalue weighted by Crippen LogP contribution is 2.12. The van der Waals surface area contributed by atoms with Gasteiger partial charge in [0.25, 0.3) is 5.91 Å².